The average Bonchev–Trinajstić information content (AvgIpc) is 2.46. The zero-order chi connectivity index (χ0) is 14.4. The fourth-order valence-electron chi connectivity index (χ4n) is 2.33. The summed E-state index contributed by atoms with van der Waals surface area (Å²) in [5.74, 6) is 0.628. The highest BCUT2D eigenvalue weighted by molar-refractivity contribution is 6.31. The van der Waals surface area contributed by atoms with Crippen LogP contribution in [0.15, 0.2) is 48.5 Å². The Morgan fingerprint density at radius 2 is 1.80 bits per heavy atom. The lowest BCUT2D eigenvalue weighted by Gasteiger charge is -2.19. The van der Waals surface area contributed by atoms with Crippen LogP contribution in [0.4, 0.5) is 0 Å². The van der Waals surface area contributed by atoms with Crippen LogP contribution in [0.25, 0.3) is 0 Å². The van der Waals surface area contributed by atoms with Gasteiger partial charge in [-0.25, -0.2) is 0 Å². The summed E-state index contributed by atoms with van der Waals surface area (Å²) in [7, 11) is 0. The minimum absolute atomic E-state index is 0.301. The van der Waals surface area contributed by atoms with Crippen LogP contribution in [0.1, 0.15) is 24.0 Å². The normalized spacial score (nSPS) is 12.3. The Hall–Kier alpha value is -1.51. The summed E-state index contributed by atoms with van der Waals surface area (Å²) >= 11 is 6.32. The van der Waals surface area contributed by atoms with Crippen LogP contribution < -0.4 is 5.32 Å². The molecule has 0 radical (unpaired) electrons. The third kappa shape index (κ3) is 3.99. The van der Waals surface area contributed by atoms with Crippen LogP contribution >= 0.6 is 11.6 Å². The summed E-state index contributed by atoms with van der Waals surface area (Å²) in [6.45, 7) is 3.93. The molecule has 2 aromatic carbocycles. The van der Waals surface area contributed by atoms with Crippen molar-refractivity contribution in [2.45, 2.75) is 19.3 Å². The quantitative estimate of drug-likeness (QED) is 0.843. The van der Waals surface area contributed by atoms with E-state index in [1.165, 1.54) is 11.1 Å². The van der Waals surface area contributed by atoms with E-state index in [4.69, 9.17) is 11.6 Å². The molecule has 0 fully saturated rings. The maximum absolute atomic E-state index is 9.36. The van der Waals surface area contributed by atoms with Gasteiger partial charge in [-0.05, 0) is 42.3 Å². The zero-order valence-electron chi connectivity index (χ0n) is 11.6. The number of likely N-dealkylation sites (N-methyl/N-ethyl adjacent to an activating group) is 1. The highest BCUT2D eigenvalue weighted by Crippen LogP contribution is 2.27. The first-order valence-corrected chi connectivity index (χ1v) is 7.31. The van der Waals surface area contributed by atoms with E-state index >= 15 is 0 Å². The number of hydrogen-bond donors (Lipinski definition) is 2. The SMILES string of the molecule is CCNCC(Cc1ccc(O)cc1)c1ccccc1Cl. The van der Waals surface area contributed by atoms with Gasteiger partial charge in [0.25, 0.3) is 0 Å². The van der Waals surface area contributed by atoms with Gasteiger partial charge in [0.2, 0.25) is 0 Å². The molecule has 20 heavy (non-hydrogen) atoms. The van der Waals surface area contributed by atoms with Crippen molar-refractivity contribution >= 4 is 11.6 Å². The van der Waals surface area contributed by atoms with Gasteiger partial charge in [0.05, 0.1) is 0 Å². The molecule has 2 nitrogen and oxygen atoms in total. The van der Waals surface area contributed by atoms with Crippen molar-refractivity contribution in [3.8, 4) is 5.75 Å². The third-order valence-corrected chi connectivity index (χ3v) is 3.75. The second-order valence-corrected chi connectivity index (χ2v) is 5.30. The molecule has 0 saturated carbocycles. The predicted molar refractivity (Wildman–Crippen MR) is 84.5 cm³/mol. The maximum atomic E-state index is 9.36. The lowest BCUT2D eigenvalue weighted by Crippen LogP contribution is -2.22. The first-order chi connectivity index (χ1) is 9.70. The van der Waals surface area contributed by atoms with Gasteiger partial charge in [-0.2, -0.15) is 0 Å². The molecule has 0 aliphatic rings. The van der Waals surface area contributed by atoms with Gasteiger partial charge in [-0.15, -0.1) is 0 Å². The van der Waals surface area contributed by atoms with Crippen molar-refractivity contribution < 1.29 is 5.11 Å². The van der Waals surface area contributed by atoms with E-state index in [0.717, 1.165) is 24.5 Å². The molecule has 0 amide bonds. The van der Waals surface area contributed by atoms with E-state index in [1.54, 1.807) is 12.1 Å². The Balaban J connectivity index is 2.19. The monoisotopic (exact) mass is 289 g/mol. The van der Waals surface area contributed by atoms with Gasteiger partial charge in [0.1, 0.15) is 5.75 Å². The summed E-state index contributed by atoms with van der Waals surface area (Å²) in [6, 6.07) is 15.4. The van der Waals surface area contributed by atoms with E-state index in [0.29, 0.717) is 11.7 Å². The topological polar surface area (TPSA) is 32.3 Å². The van der Waals surface area contributed by atoms with E-state index in [2.05, 4.69) is 18.3 Å². The van der Waals surface area contributed by atoms with Crippen LogP contribution in [0.2, 0.25) is 5.02 Å². The van der Waals surface area contributed by atoms with Crippen LogP contribution in [-0.2, 0) is 6.42 Å². The van der Waals surface area contributed by atoms with Crippen molar-refractivity contribution in [3.63, 3.8) is 0 Å². The number of aromatic hydroxyl groups is 1. The minimum atomic E-state index is 0.301. The molecule has 2 aromatic rings. The Bertz CT molecular complexity index is 539. The van der Waals surface area contributed by atoms with Crippen LogP contribution in [-0.4, -0.2) is 18.2 Å². The minimum Gasteiger partial charge on any atom is -0.508 e. The van der Waals surface area contributed by atoms with E-state index in [-0.39, 0.29) is 0 Å². The molecule has 1 atom stereocenters. The largest absolute Gasteiger partial charge is 0.508 e. The summed E-state index contributed by atoms with van der Waals surface area (Å²) < 4.78 is 0. The molecule has 0 saturated heterocycles. The van der Waals surface area contributed by atoms with Gasteiger partial charge in [0, 0.05) is 17.5 Å². The number of benzene rings is 2. The van der Waals surface area contributed by atoms with Gasteiger partial charge >= 0.3 is 0 Å². The van der Waals surface area contributed by atoms with Crippen molar-refractivity contribution in [2.75, 3.05) is 13.1 Å². The zero-order valence-corrected chi connectivity index (χ0v) is 12.4. The molecule has 0 bridgehead atoms. The van der Waals surface area contributed by atoms with Gasteiger partial charge in [0.15, 0.2) is 0 Å². The molecule has 0 spiro atoms. The fraction of sp³-hybridized carbons (Fsp3) is 0.294. The maximum Gasteiger partial charge on any atom is 0.115 e. The van der Waals surface area contributed by atoms with E-state index in [1.807, 2.05) is 30.3 Å². The second kappa shape index (κ2) is 7.32. The van der Waals surface area contributed by atoms with Crippen molar-refractivity contribution in [2.24, 2.45) is 0 Å². The van der Waals surface area contributed by atoms with Crippen molar-refractivity contribution in [1.29, 1.82) is 0 Å². The predicted octanol–water partition coefficient (Wildman–Crippen LogP) is 3.98. The Morgan fingerprint density at radius 3 is 2.45 bits per heavy atom. The Morgan fingerprint density at radius 1 is 1.10 bits per heavy atom. The van der Waals surface area contributed by atoms with Crippen LogP contribution in [0, 0.1) is 0 Å². The van der Waals surface area contributed by atoms with E-state index in [9.17, 15) is 5.11 Å². The second-order valence-electron chi connectivity index (χ2n) is 4.90. The smallest absolute Gasteiger partial charge is 0.115 e. The van der Waals surface area contributed by atoms with E-state index < -0.39 is 0 Å². The molecule has 0 aromatic heterocycles. The molecule has 0 aliphatic heterocycles. The first-order valence-electron chi connectivity index (χ1n) is 6.93. The van der Waals surface area contributed by atoms with Crippen molar-refractivity contribution in [3.05, 3.63) is 64.7 Å². The molecule has 2 N–H and O–H groups in total. The summed E-state index contributed by atoms with van der Waals surface area (Å²) in [6.07, 6.45) is 0.900. The van der Waals surface area contributed by atoms with Crippen LogP contribution in [0.3, 0.4) is 0 Å². The number of phenolic OH excluding ortho intramolecular Hbond substituents is 1. The summed E-state index contributed by atoms with van der Waals surface area (Å²) in [5.41, 5.74) is 2.37. The fourth-order valence-corrected chi connectivity index (χ4v) is 2.62. The lowest BCUT2D eigenvalue weighted by atomic mass is 9.91. The molecule has 1 unspecified atom stereocenters. The number of phenols is 1. The van der Waals surface area contributed by atoms with Crippen LogP contribution in [0.5, 0.6) is 5.75 Å². The summed E-state index contributed by atoms with van der Waals surface area (Å²) in [5, 5.41) is 13.6. The molecular weight excluding hydrogens is 270 g/mol. The highest BCUT2D eigenvalue weighted by atomic mass is 35.5. The van der Waals surface area contributed by atoms with Gasteiger partial charge in [-0.3, -0.25) is 0 Å². The molecule has 2 rings (SSSR count). The number of halogens is 1. The number of rotatable bonds is 6. The van der Waals surface area contributed by atoms with Gasteiger partial charge < -0.3 is 10.4 Å². The molecule has 106 valence electrons. The molecule has 0 aliphatic carbocycles. The molecule has 3 heteroatoms. The lowest BCUT2D eigenvalue weighted by molar-refractivity contribution is 0.475. The average molecular weight is 290 g/mol. The van der Waals surface area contributed by atoms with Gasteiger partial charge in [-0.1, -0.05) is 48.9 Å². The first kappa shape index (κ1) is 14.9. The number of hydrogen-bond acceptors (Lipinski definition) is 2. The Kier molecular flexibility index (Phi) is 5.45. The third-order valence-electron chi connectivity index (χ3n) is 3.40. The standard InChI is InChI=1S/C17H20ClNO/c1-2-19-12-14(16-5-3-4-6-17(16)18)11-13-7-9-15(20)10-8-13/h3-10,14,19-20H,2,11-12H2,1H3. The summed E-state index contributed by atoms with van der Waals surface area (Å²) in [4.78, 5) is 0. The Labute approximate surface area is 125 Å². The van der Waals surface area contributed by atoms with Crippen molar-refractivity contribution in [1.82, 2.24) is 5.32 Å². The molecule has 0 heterocycles. The highest BCUT2D eigenvalue weighted by Gasteiger charge is 2.14. The molecular formula is C17H20ClNO. The number of nitrogens with one attached hydrogen (secondary N) is 1.